The Morgan fingerprint density at radius 2 is 1.94 bits per heavy atom. The number of hydrogen-bond acceptors (Lipinski definition) is 2. The molecule has 0 saturated heterocycles. The van der Waals surface area contributed by atoms with Gasteiger partial charge in [-0.25, -0.2) is 0 Å². The van der Waals surface area contributed by atoms with E-state index in [4.69, 9.17) is 4.43 Å². The normalized spacial score (nSPS) is 13.8. The topological polar surface area (TPSA) is 26.3 Å². The quantitative estimate of drug-likeness (QED) is 0.312. The van der Waals surface area contributed by atoms with Crippen molar-refractivity contribution in [1.29, 1.82) is 0 Å². The van der Waals surface area contributed by atoms with Crippen LogP contribution in [0.1, 0.15) is 47.0 Å². The molecule has 0 N–H and O–H groups in total. The predicted molar refractivity (Wildman–Crippen MR) is 75.4 cm³/mol. The molecule has 0 aliphatic rings. The third kappa shape index (κ3) is 6.04. The van der Waals surface area contributed by atoms with Crippen LogP contribution in [0.15, 0.2) is 0 Å². The van der Waals surface area contributed by atoms with Gasteiger partial charge in [-0.3, -0.25) is 0 Å². The number of carbonyl (C=O) groups is 1. The summed E-state index contributed by atoms with van der Waals surface area (Å²) in [6.45, 7) is 12.7. The fraction of sp³-hybridized carbons (Fsp3) is 0.786. The first-order valence-corrected chi connectivity index (χ1v) is 9.18. The van der Waals surface area contributed by atoms with Gasteiger partial charge >= 0.3 is 0 Å². The minimum Gasteiger partial charge on any atom is -0.407 e. The molecule has 98 valence electrons. The van der Waals surface area contributed by atoms with Gasteiger partial charge in [-0.15, -0.1) is 11.8 Å². The first-order valence-electron chi connectivity index (χ1n) is 6.27. The maximum atomic E-state index is 11.0. The Kier molecular flexibility index (Phi) is 6.73. The van der Waals surface area contributed by atoms with Crippen LogP contribution in [0.25, 0.3) is 0 Å². The van der Waals surface area contributed by atoms with Crippen molar-refractivity contribution in [2.24, 2.45) is 0 Å². The average molecular weight is 254 g/mol. The van der Waals surface area contributed by atoms with Gasteiger partial charge in [0.05, 0.1) is 0 Å². The van der Waals surface area contributed by atoms with E-state index < -0.39 is 8.32 Å². The van der Waals surface area contributed by atoms with Crippen LogP contribution in [-0.2, 0) is 9.22 Å². The number of unbranched alkanes of at least 4 members (excludes halogenated alkanes) is 1. The van der Waals surface area contributed by atoms with Crippen LogP contribution >= 0.6 is 0 Å². The molecule has 0 aliphatic heterocycles. The van der Waals surface area contributed by atoms with E-state index in [0.29, 0.717) is 0 Å². The zero-order chi connectivity index (χ0) is 13.5. The van der Waals surface area contributed by atoms with Crippen LogP contribution in [0.3, 0.4) is 0 Å². The summed E-state index contributed by atoms with van der Waals surface area (Å²) in [6, 6.07) is 0. The maximum Gasteiger partial charge on any atom is 0.193 e. The highest BCUT2D eigenvalue weighted by Crippen LogP contribution is 2.37. The highest BCUT2D eigenvalue weighted by atomic mass is 28.4. The van der Waals surface area contributed by atoms with Gasteiger partial charge in [0.2, 0.25) is 0 Å². The van der Waals surface area contributed by atoms with Gasteiger partial charge in [-0.2, -0.15) is 0 Å². The Hall–Kier alpha value is -0.593. The largest absolute Gasteiger partial charge is 0.407 e. The van der Waals surface area contributed by atoms with Crippen molar-refractivity contribution in [3.05, 3.63) is 0 Å². The molecule has 0 aromatic rings. The molecule has 1 atom stereocenters. The van der Waals surface area contributed by atoms with E-state index in [0.717, 1.165) is 25.5 Å². The van der Waals surface area contributed by atoms with Gasteiger partial charge in [0, 0.05) is 6.42 Å². The summed E-state index contributed by atoms with van der Waals surface area (Å²) in [7, 11) is -1.82. The van der Waals surface area contributed by atoms with E-state index in [-0.39, 0.29) is 11.1 Å². The average Bonchev–Trinajstić information content (AvgIpc) is 2.20. The van der Waals surface area contributed by atoms with Crippen LogP contribution < -0.4 is 0 Å². The van der Waals surface area contributed by atoms with Crippen molar-refractivity contribution in [2.75, 3.05) is 0 Å². The third-order valence-corrected chi connectivity index (χ3v) is 7.88. The lowest BCUT2D eigenvalue weighted by Crippen LogP contribution is -2.44. The minimum absolute atomic E-state index is 0.150. The second-order valence-electron chi connectivity index (χ2n) is 5.87. The van der Waals surface area contributed by atoms with E-state index in [9.17, 15) is 4.79 Å². The van der Waals surface area contributed by atoms with E-state index in [1.807, 2.05) is 6.92 Å². The molecular formula is C14H26O2Si. The van der Waals surface area contributed by atoms with Crippen molar-refractivity contribution < 1.29 is 9.22 Å². The summed E-state index contributed by atoms with van der Waals surface area (Å²) in [6.07, 6.45) is 3.25. The Bertz CT molecular complexity index is 292. The van der Waals surface area contributed by atoms with Gasteiger partial charge in [-0.05, 0) is 37.9 Å². The van der Waals surface area contributed by atoms with Gasteiger partial charge in [-0.1, -0.05) is 20.8 Å². The molecule has 0 fully saturated rings. The molecule has 0 bridgehead atoms. The van der Waals surface area contributed by atoms with Crippen molar-refractivity contribution in [1.82, 2.24) is 0 Å². The first kappa shape index (κ1) is 16.4. The Morgan fingerprint density at radius 1 is 1.35 bits per heavy atom. The van der Waals surface area contributed by atoms with Crippen LogP contribution in [0, 0.1) is 11.8 Å². The monoisotopic (exact) mass is 254 g/mol. The Balaban J connectivity index is 4.29. The standard InChI is InChI=1S/C14H26O2Si/c1-7-8-9-10-11-13(12-15)16-17(5,6)14(2,3)4/h12-13H,9-11H2,1-6H3/t13-/m1/s1. The first-order chi connectivity index (χ1) is 7.74. The molecule has 0 rings (SSSR count). The highest BCUT2D eigenvalue weighted by molar-refractivity contribution is 6.74. The van der Waals surface area contributed by atoms with E-state index >= 15 is 0 Å². The second kappa shape index (κ2) is 6.98. The summed E-state index contributed by atoms with van der Waals surface area (Å²) in [5, 5.41) is 0.150. The van der Waals surface area contributed by atoms with Crippen molar-refractivity contribution in [2.45, 2.75) is 71.2 Å². The highest BCUT2D eigenvalue weighted by Gasteiger charge is 2.38. The second-order valence-corrected chi connectivity index (χ2v) is 10.6. The fourth-order valence-electron chi connectivity index (χ4n) is 1.23. The SMILES string of the molecule is CC#CCCC[C@H](C=O)O[Si](C)(C)C(C)(C)C. The van der Waals surface area contributed by atoms with Gasteiger partial charge in [0.25, 0.3) is 0 Å². The molecular weight excluding hydrogens is 228 g/mol. The maximum absolute atomic E-state index is 11.0. The molecule has 3 heteroatoms. The smallest absolute Gasteiger partial charge is 0.193 e. The Morgan fingerprint density at radius 3 is 2.35 bits per heavy atom. The molecule has 2 nitrogen and oxygen atoms in total. The lowest BCUT2D eigenvalue weighted by molar-refractivity contribution is -0.114. The van der Waals surface area contributed by atoms with Crippen molar-refractivity contribution in [3.63, 3.8) is 0 Å². The number of rotatable bonds is 6. The number of carbonyl (C=O) groups excluding carboxylic acids is 1. The molecule has 0 aromatic carbocycles. The molecule has 0 amide bonds. The van der Waals surface area contributed by atoms with Crippen molar-refractivity contribution >= 4 is 14.6 Å². The molecule has 0 aliphatic carbocycles. The lowest BCUT2D eigenvalue weighted by Gasteiger charge is -2.38. The molecule has 17 heavy (non-hydrogen) atoms. The van der Waals surface area contributed by atoms with E-state index in [1.54, 1.807) is 0 Å². The fourth-order valence-corrected chi connectivity index (χ4v) is 2.51. The summed E-state index contributed by atoms with van der Waals surface area (Å²) < 4.78 is 6.05. The lowest BCUT2D eigenvalue weighted by atomic mass is 10.2. The summed E-state index contributed by atoms with van der Waals surface area (Å²) in [5.41, 5.74) is 0. The molecule has 0 aromatic heterocycles. The molecule has 0 heterocycles. The van der Waals surface area contributed by atoms with Crippen LogP contribution in [0.5, 0.6) is 0 Å². The van der Waals surface area contributed by atoms with Crippen LogP contribution in [0.4, 0.5) is 0 Å². The van der Waals surface area contributed by atoms with E-state index in [1.165, 1.54) is 0 Å². The number of hydrogen-bond donors (Lipinski definition) is 0. The zero-order valence-electron chi connectivity index (χ0n) is 12.1. The summed E-state index contributed by atoms with van der Waals surface area (Å²) in [5.74, 6) is 5.87. The molecule has 0 radical (unpaired) electrons. The van der Waals surface area contributed by atoms with Gasteiger partial charge in [0.1, 0.15) is 12.4 Å². The third-order valence-electron chi connectivity index (χ3n) is 3.37. The van der Waals surface area contributed by atoms with E-state index in [2.05, 4.69) is 45.7 Å². The van der Waals surface area contributed by atoms with Crippen LogP contribution in [0.2, 0.25) is 18.1 Å². The van der Waals surface area contributed by atoms with Crippen molar-refractivity contribution in [3.8, 4) is 11.8 Å². The summed E-state index contributed by atoms with van der Waals surface area (Å²) >= 11 is 0. The molecule has 0 saturated carbocycles. The van der Waals surface area contributed by atoms with Crippen LogP contribution in [-0.4, -0.2) is 20.7 Å². The molecule has 0 unspecified atom stereocenters. The van der Waals surface area contributed by atoms with Gasteiger partial charge < -0.3 is 9.22 Å². The predicted octanol–water partition coefficient (Wildman–Crippen LogP) is 3.77. The minimum atomic E-state index is -1.82. The summed E-state index contributed by atoms with van der Waals surface area (Å²) in [4.78, 5) is 11.0. The zero-order valence-corrected chi connectivity index (χ0v) is 13.1. The number of aldehydes is 1. The Labute approximate surface area is 107 Å². The molecule has 0 spiro atoms. The van der Waals surface area contributed by atoms with Gasteiger partial charge in [0.15, 0.2) is 8.32 Å².